The fourth-order valence-electron chi connectivity index (χ4n) is 1.72. The van der Waals surface area contributed by atoms with Gasteiger partial charge in [-0.3, -0.25) is 0 Å². The summed E-state index contributed by atoms with van der Waals surface area (Å²) in [5.41, 5.74) is 0. The average Bonchev–Trinajstić information content (AvgIpc) is 2.65. The van der Waals surface area contributed by atoms with Crippen molar-refractivity contribution < 1.29 is 0 Å². The molecule has 1 saturated heterocycles. The second kappa shape index (κ2) is 3.62. The predicted molar refractivity (Wildman–Crippen MR) is 52.7 cm³/mol. The zero-order valence-electron chi connectivity index (χ0n) is 8.14. The second-order valence-corrected chi connectivity index (χ2v) is 3.69. The van der Waals surface area contributed by atoms with Crippen molar-refractivity contribution in [3.8, 4) is 6.07 Å². The van der Waals surface area contributed by atoms with Crippen molar-refractivity contribution in [1.82, 2.24) is 9.97 Å². The first-order valence-electron chi connectivity index (χ1n) is 4.77. The van der Waals surface area contributed by atoms with Gasteiger partial charge in [0.05, 0.1) is 0 Å². The van der Waals surface area contributed by atoms with Crippen LogP contribution in [0.3, 0.4) is 0 Å². The number of anilines is 1. The monoisotopic (exact) mass is 188 g/mol. The van der Waals surface area contributed by atoms with E-state index in [9.17, 15) is 0 Å². The zero-order chi connectivity index (χ0) is 9.97. The van der Waals surface area contributed by atoms with Crippen LogP contribution in [0.5, 0.6) is 0 Å². The molecule has 2 rings (SSSR count). The fourth-order valence-corrected chi connectivity index (χ4v) is 1.72. The van der Waals surface area contributed by atoms with Crippen molar-refractivity contribution in [1.29, 1.82) is 5.26 Å². The third kappa shape index (κ3) is 1.67. The molecule has 0 radical (unpaired) electrons. The van der Waals surface area contributed by atoms with Crippen LogP contribution in [0, 0.1) is 17.2 Å². The summed E-state index contributed by atoms with van der Waals surface area (Å²) >= 11 is 0. The maximum Gasteiger partial charge on any atom is 0.234 e. The van der Waals surface area contributed by atoms with Crippen LogP contribution in [-0.4, -0.2) is 23.1 Å². The maximum atomic E-state index is 8.66. The van der Waals surface area contributed by atoms with Gasteiger partial charge in [-0.15, -0.1) is 0 Å². The van der Waals surface area contributed by atoms with E-state index in [0.717, 1.165) is 24.8 Å². The van der Waals surface area contributed by atoms with Crippen molar-refractivity contribution in [2.75, 3.05) is 18.0 Å². The molecule has 0 saturated carbocycles. The average molecular weight is 188 g/mol. The first kappa shape index (κ1) is 8.95. The summed E-state index contributed by atoms with van der Waals surface area (Å²) in [5.74, 6) is 1.85. The van der Waals surface area contributed by atoms with E-state index in [1.807, 2.05) is 12.1 Å². The molecule has 1 atom stereocenters. The van der Waals surface area contributed by atoms with Gasteiger partial charge in [0.1, 0.15) is 11.9 Å². The molecule has 1 fully saturated rings. The molecule has 1 aliphatic rings. The van der Waals surface area contributed by atoms with Crippen molar-refractivity contribution in [3.63, 3.8) is 0 Å². The lowest BCUT2D eigenvalue weighted by molar-refractivity contribution is 0.658. The highest BCUT2D eigenvalue weighted by Gasteiger charge is 2.19. The summed E-state index contributed by atoms with van der Waals surface area (Å²) < 4.78 is 0. The Labute approximate surface area is 83.2 Å². The quantitative estimate of drug-likeness (QED) is 0.664. The summed E-state index contributed by atoms with van der Waals surface area (Å²) in [4.78, 5) is 10.2. The maximum absolute atomic E-state index is 8.66. The molecule has 0 spiro atoms. The van der Waals surface area contributed by atoms with Crippen LogP contribution in [0.25, 0.3) is 0 Å². The molecule has 1 aromatic rings. The number of aromatic nitrogens is 2. The van der Waals surface area contributed by atoms with Crippen LogP contribution in [0.2, 0.25) is 0 Å². The van der Waals surface area contributed by atoms with E-state index >= 15 is 0 Å². The number of hydrogen-bond donors (Lipinski definition) is 0. The first-order chi connectivity index (χ1) is 6.79. The molecule has 2 heterocycles. The molecule has 72 valence electrons. The molecular formula is C10H12N4. The van der Waals surface area contributed by atoms with Gasteiger partial charge in [0.2, 0.25) is 5.82 Å². The third-order valence-electron chi connectivity index (χ3n) is 2.49. The van der Waals surface area contributed by atoms with E-state index in [0.29, 0.717) is 0 Å². The minimum absolute atomic E-state index is 0.252. The van der Waals surface area contributed by atoms with Gasteiger partial charge in [-0.25, -0.2) is 9.97 Å². The van der Waals surface area contributed by atoms with Crippen molar-refractivity contribution in [2.45, 2.75) is 13.3 Å². The van der Waals surface area contributed by atoms with Crippen LogP contribution in [-0.2, 0) is 0 Å². The second-order valence-electron chi connectivity index (χ2n) is 3.69. The number of nitriles is 1. The molecule has 4 nitrogen and oxygen atoms in total. The number of rotatable bonds is 1. The molecule has 1 aliphatic heterocycles. The van der Waals surface area contributed by atoms with Crippen LogP contribution < -0.4 is 4.90 Å². The third-order valence-corrected chi connectivity index (χ3v) is 2.49. The SMILES string of the molecule is CC1CCN(c2ccnc(C#N)n2)C1. The largest absolute Gasteiger partial charge is 0.356 e. The van der Waals surface area contributed by atoms with E-state index < -0.39 is 0 Å². The summed E-state index contributed by atoms with van der Waals surface area (Å²) in [5, 5.41) is 8.66. The van der Waals surface area contributed by atoms with E-state index in [1.54, 1.807) is 6.20 Å². The Morgan fingerprint density at radius 1 is 1.64 bits per heavy atom. The summed E-state index contributed by atoms with van der Waals surface area (Å²) in [6.07, 6.45) is 2.84. The molecule has 14 heavy (non-hydrogen) atoms. The van der Waals surface area contributed by atoms with Gasteiger partial charge in [0, 0.05) is 19.3 Å². The Morgan fingerprint density at radius 3 is 3.14 bits per heavy atom. The zero-order valence-corrected chi connectivity index (χ0v) is 8.14. The van der Waals surface area contributed by atoms with Crippen molar-refractivity contribution in [3.05, 3.63) is 18.1 Å². The Balaban J connectivity index is 2.20. The minimum atomic E-state index is 0.252. The highest BCUT2D eigenvalue weighted by atomic mass is 15.2. The van der Waals surface area contributed by atoms with Crippen LogP contribution in [0.1, 0.15) is 19.2 Å². The Kier molecular flexibility index (Phi) is 2.32. The molecule has 0 bridgehead atoms. The summed E-state index contributed by atoms with van der Waals surface area (Å²) in [6, 6.07) is 3.81. The molecule has 0 aliphatic carbocycles. The van der Waals surface area contributed by atoms with E-state index in [1.165, 1.54) is 6.42 Å². The lowest BCUT2D eigenvalue weighted by Crippen LogP contribution is -2.20. The lowest BCUT2D eigenvalue weighted by Gasteiger charge is -2.16. The lowest BCUT2D eigenvalue weighted by atomic mass is 10.2. The molecule has 4 heteroatoms. The molecule has 0 aromatic carbocycles. The number of nitrogens with zero attached hydrogens (tertiary/aromatic N) is 4. The van der Waals surface area contributed by atoms with E-state index in [2.05, 4.69) is 21.8 Å². The molecule has 1 aromatic heterocycles. The van der Waals surface area contributed by atoms with Crippen LogP contribution in [0.15, 0.2) is 12.3 Å². The summed E-state index contributed by atoms with van der Waals surface area (Å²) in [6.45, 7) is 4.29. The Hall–Kier alpha value is -1.63. The highest BCUT2D eigenvalue weighted by molar-refractivity contribution is 5.39. The van der Waals surface area contributed by atoms with Gasteiger partial charge in [-0.05, 0) is 18.4 Å². The molecule has 0 amide bonds. The molecule has 0 N–H and O–H groups in total. The van der Waals surface area contributed by atoms with Gasteiger partial charge in [0.15, 0.2) is 0 Å². The van der Waals surface area contributed by atoms with Gasteiger partial charge in [-0.2, -0.15) is 5.26 Å². The fraction of sp³-hybridized carbons (Fsp3) is 0.500. The smallest absolute Gasteiger partial charge is 0.234 e. The summed E-state index contributed by atoms with van der Waals surface area (Å²) in [7, 11) is 0. The Morgan fingerprint density at radius 2 is 2.50 bits per heavy atom. The topological polar surface area (TPSA) is 52.8 Å². The predicted octanol–water partition coefficient (Wildman–Crippen LogP) is 1.19. The molecule has 1 unspecified atom stereocenters. The van der Waals surface area contributed by atoms with Gasteiger partial charge >= 0.3 is 0 Å². The number of hydrogen-bond acceptors (Lipinski definition) is 4. The standard InChI is InChI=1S/C10H12N4/c1-8-3-5-14(7-8)10-2-4-12-9(6-11)13-10/h2,4,8H,3,5,7H2,1H3. The molecular weight excluding hydrogens is 176 g/mol. The van der Waals surface area contributed by atoms with Crippen molar-refractivity contribution in [2.24, 2.45) is 5.92 Å². The van der Waals surface area contributed by atoms with Crippen LogP contribution >= 0.6 is 0 Å². The van der Waals surface area contributed by atoms with E-state index in [-0.39, 0.29) is 5.82 Å². The van der Waals surface area contributed by atoms with Crippen LogP contribution in [0.4, 0.5) is 5.82 Å². The van der Waals surface area contributed by atoms with Gasteiger partial charge in [-0.1, -0.05) is 6.92 Å². The minimum Gasteiger partial charge on any atom is -0.356 e. The van der Waals surface area contributed by atoms with Gasteiger partial charge < -0.3 is 4.90 Å². The Bertz CT molecular complexity index is 369. The van der Waals surface area contributed by atoms with E-state index in [4.69, 9.17) is 5.26 Å². The van der Waals surface area contributed by atoms with Gasteiger partial charge in [0.25, 0.3) is 0 Å². The highest BCUT2D eigenvalue weighted by Crippen LogP contribution is 2.20. The normalized spacial score (nSPS) is 20.9. The van der Waals surface area contributed by atoms with Crippen molar-refractivity contribution >= 4 is 5.82 Å². The first-order valence-corrected chi connectivity index (χ1v) is 4.77.